The zero-order valence-electron chi connectivity index (χ0n) is 33.0. The van der Waals surface area contributed by atoms with Crippen LogP contribution in [0.15, 0.2) is 96.2 Å². The molecule has 6 rings (SSSR count). The largest absolute Gasteiger partial charge is 0.496 e. The molecule has 0 N–H and O–H groups in total. The van der Waals surface area contributed by atoms with E-state index in [0.717, 1.165) is 71.7 Å². The molecule has 2 unspecified atom stereocenters. The average Bonchev–Trinajstić information content (AvgIpc) is 3.53. The smallest absolute Gasteiger partial charge is 0.332 e. The molecule has 1 aromatic heterocycles. The zero-order chi connectivity index (χ0) is 40.9. The number of alkyl halides is 3. The van der Waals surface area contributed by atoms with Crippen molar-refractivity contribution in [3.63, 3.8) is 0 Å². The minimum Gasteiger partial charge on any atom is -0.496 e. The van der Waals surface area contributed by atoms with Crippen LogP contribution in [0.4, 0.5) is 13.2 Å². The molecule has 0 fully saturated rings. The van der Waals surface area contributed by atoms with Crippen LogP contribution in [0.2, 0.25) is 0 Å². The monoisotopic (exact) mass is 780 g/mol. The Morgan fingerprint density at radius 2 is 1.47 bits per heavy atom. The minimum absolute atomic E-state index is 0.00223. The number of fused-ring (bicyclic) bond motifs is 5. The van der Waals surface area contributed by atoms with E-state index in [0.29, 0.717) is 34.1 Å². The summed E-state index contributed by atoms with van der Waals surface area (Å²) in [5.41, 5.74) is 3.45. The molecule has 6 aromatic rings. The Morgan fingerprint density at radius 3 is 2.12 bits per heavy atom. The topological polar surface area (TPSA) is 88.4 Å². The van der Waals surface area contributed by atoms with Gasteiger partial charge < -0.3 is 23.6 Å². The molecule has 57 heavy (non-hydrogen) atoms. The summed E-state index contributed by atoms with van der Waals surface area (Å²) in [6, 6.07) is 27.0. The van der Waals surface area contributed by atoms with Gasteiger partial charge in [0, 0.05) is 51.8 Å². The number of halogens is 3. The summed E-state index contributed by atoms with van der Waals surface area (Å²) in [7, 11) is 3.02. The molecule has 0 radical (unpaired) electrons. The molecule has 2 atom stereocenters. The van der Waals surface area contributed by atoms with Crippen LogP contribution >= 0.6 is 0 Å². The van der Waals surface area contributed by atoms with Crippen LogP contribution in [0, 0.1) is 5.92 Å². The quantitative estimate of drug-likeness (QED) is 0.0396. The van der Waals surface area contributed by atoms with Crippen molar-refractivity contribution in [2.24, 2.45) is 11.1 Å². The lowest BCUT2D eigenvalue weighted by Gasteiger charge is -2.20. The van der Waals surface area contributed by atoms with Gasteiger partial charge in [-0.15, -0.1) is 0 Å². The van der Waals surface area contributed by atoms with Crippen LogP contribution in [0.3, 0.4) is 0 Å². The Kier molecular flexibility index (Phi) is 12.6. The lowest BCUT2D eigenvalue weighted by atomic mass is 9.93. The van der Waals surface area contributed by atoms with E-state index in [9.17, 15) is 22.8 Å². The SMILES string of the molecule is CCCCC(CC)Cn1c2ccc(/C(=N\OC(C)=O)c3ccccc3OCC(F)(F)C(C)F)cc2c2cc(C(=O)c3c(OC)cccc3OC)c3ccccc3c21. The van der Waals surface area contributed by atoms with E-state index in [1.807, 2.05) is 48.5 Å². The lowest BCUT2D eigenvalue weighted by Crippen LogP contribution is -2.34. The molecule has 0 aliphatic carbocycles. The van der Waals surface area contributed by atoms with Crippen molar-refractivity contribution in [1.29, 1.82) is 0 Å². The fraction of sp³-hybridized carbons (Fsp3) is 0.326. The third-order valence-corrected chi connectivity index (χ3v) is 10.4. The predicted molar refractivity (Wildman–Crippen MR) is 218 cm³/mol. The number of ether oxygens (including phenoxy) is 3. The van der Waals surface area contributed by atoms with E-state index in [2.05, 4.69) is 23.6 Å². The molecule has 0 saturated heterocycles. The molecule has 5 aromatic carbocycles. The van der Waals surface area contributed by atoms with Crippen molar-refractivity contribution in [1.82, 2.24) is 4.57 Å². The maximum atomic E-state index is 14.7. The number of hydrogen-bond donors (Lipinski definition) is 0. The van der Waals surface area contributed by atoms with Gasteiger partial charge in [0.1, 0.15) is 28.5 Å². The van der Waals surface area contributed by atoms with E-state index in [-0.39, 0.29) is 22.8 Å². The molecule has 0 aliphatic rings. The Labute approximate surface area is 330 Å². The highest BCUT2D eigenvalue weighted by atomic mass is 19.3. The van der Waals surface area contributed by atoms with E-state index in [1.54, 1.807) is 36.4 Å². The summed E-state index contributed by atoms with van der Waals surface area (Å²) in [5, 5.41) is 7.42. The second-order valence-corrected chi connectivity index (χ2v) is 14.2. The molecule has 8 nitrogen and oxygen atoms in total. The first kappa shape index (κ1) is 40.8. The number of hydrogen-bond acceptors (Lipinski definition) is 7. The summed E-state index contributed by atoms with van der Waals surface area (Å²) in [6.07, 6.45) is 1.74. The van der Waals surface area contributed by atoms with Crippen LogP contribution in [-0.2, 0) is 16.2 Å². The predicted octanol–water partition coefficient (Wildman–Crippen LogP) is 11.1. The molecule has 0 amide bonds. The molecule has 0 spiro atoms. The lowest BCUT2D eigenvalue weighted by molar-refractivity contribution is -0.140. The van der Waals surface area contributed by atoms with Crippen molar-refractivity contribution >= 4 is 50.0 Å². The normalized spacial score (nSPS) is 13.2. The molecule has 0 bridgehead atoms. The third-order valence-electron chi connectivity index (χ3n) is 10.4. The molecular formula is C46H47F3N2O6. The van der Waals surface area contributed by atoms with E-state index < -0.39 is 24.7 Å². The zero-order valence-corrected chi connectivity index (χ0v) is 33.0. The molecular weight excluding hydrogens is 734 g/mol. The summed E-state index contributed by atoms with van der Waals surface area (Å²) in [6.45, 7) is 5.86. The number of methoxy groups -OCH3 is 2. The average molecular weight is 781 g/mol. The summed E-state index contributed by atoms with van der Waals surface area (Å²) < 4.78 is 61.7. The summed E-state index contributed by atoms with van der Waals surface area (Å²) in [5.74, 6) is -3.60. The maximum absolute atomic E-state index is 14.7. The van der Waals surface area contributed by atoms with Crippen molar-refractivity contribution in [2.75, 3.05) is 20.8 Å². The van der Waals surface area contributed by atoms with Gasteiger partial charge >= 0.3 is 11.9 Å². The molecule has 0 aliphatic heterocycles. The number of carbonyl (C=O) groups excluding carboxylic acids is 2. The third kappa shape index (κ3) is 8.33. The van der Waals surface area contributed by atoms with Gasteiger partial charge in [0.15, 0.2) is 12.8 Å². The van der Waals surface area contributed by atoms with E-state index in [1.165, 1.54) is 27.2 Å². The Hall–Kier alpha value is -5.84. The number of carbonyl (C=O) groups is 2. The number of para-hydroxylation sites is 1. The number of aromatic nitrogens is 1. The number of nitrogens with zero attached hydrogens (tertiary/aromatic N) is 2. The first-order valence-electron chi connectivity index (χ1n) is 19.2. The fourth-order valence-electron chi connectivity index (χ4n) is 7.32. The highest BCUT2D eigenvalue weighted by molar-refractivity contribution is 6.27. The van der Waals surface area contributed by atoms with Crippen molar-refractivity contribution < 1.29 is 41.8 Å². The van der Waals surface area contributed by atoms with Gasteiger partial charge in [-0.25, -0.2) is 9.18 Å². The van der Waals surface area contributed by atoms with Gasteiger partial charge in [-0.2, -0.15) is 8.78 Å². The number of benzene rings is 5. The van der Waals surface area contributed by atoms with Crippen molar-refractivity contribution in [3.05, 3.63) is 113 Å². The van der Waals surface area contributed by atoms with Crippen LogP contribution in [0.25, 0.3) is 32.6 Å². The first-order valence-corrected chi connectivity index (χ1v) is 19.2. The Bertz CT molecular complexity index is 2430. The van der Waals surface area contributed by atoms with Gasteiger partial charge in [-0.1, -0.05) is 86.8 Å². The Balaban J connectivity index is 1.64. The van der Waals surface area contributed by atoms with Gasteiger partial charge in [0.2, 0.25) is 5.78 Å². The number of oxime groups is 1. The highest BCUT2D eigenvalue weighted by Gasteiger charge is 2.38. The fourth-order valence-corrected chi connectivity index (χ4v) is 7.32. The van der Waals surface area contributed by atoms with Crippen LogP contribution in [-0.4, -0.2) is 55.0 Å². The molecule has 11 heteroatoms. The maximum Gasteiger partial charge on any atom is 0.332 e. The summed E-state index contributed by atoms with van der Waals surface area (Å²) in [4.78, 5) is 32.0. The van der Waals surface area contributed by atoms with Gasteiger partial charge in [-0.05, 0) is 67.1 Å². The van der Waals surface area contributed by atoms with E-state index in [4.69, 9.17) is 19.0 Å². The number of unbranched alkanes of at least 4 members (excludes halogenated alkanes) is 1. The number of rotatable bonds is 17. The minimum atomic E-state index is -3.75. The summed E-state index contributed by atoms with van der Waals surface area (Å²) >= 11 is 0. The van der Waals surface area contributed by atoms with Gasteiger partial charge in [-0.3, -0.25) is 4.79 Å². The highest BCUT2D eigenvalue weighted by Crippen LogP contribution is 2.41. The first-order chi connectivity index (χ1) is 27.4. The second kappa shape index (κ2) is 17.5. The molecule has 298 valence electrons. The Morgan fingerprint density at radius 1 is 0.807 bits per heavy atom. The van der Waals surface area contributed by atoms with Crippen molar-refractivity contribution in [3.8, 4) is 17.2 Å². The van der Waals surface area contributed by atoms with Crippen molar-refractivity contribution in [2.45, 2.75) is 72.0 Å². The van der Waals surface area contributed by atoms with Gasteiger partial charge in [0.05, 0.1) is 19.7 Å². The molecule has 1 heterocycles. The second-order valence-electron chi connectivity index (χ2n) is 14.2. The van der Waals surface area contributed by atoms with Gasteiger partial charge in [0.25, 0.3) is 0 Å². The van der Waals surface area contributed by atoms with Crippen LogP contribution in [0.5, 0.6) is 17.2 Å². The molecule has 0 saturated carbocycles. The van der Waals surface area contributed by atoms with Crippen LogP contribution < -0.4 is 14.2 Å². The number of ketones is 1. The van der Waals surface area contributed by atoms with Crippen LogP contribution in [0.1, 0.15) is 80.4 Å². The standard InChI is InChI=1S/C46H47F3N2O6/c1-7-9-15-30(8-2)26-51-38-23-22-31(43(50-57-29(4)52)34-18-12-13-19-39(34)56-27-46(48,49)28(3)47)24-35(38)36-25-37(32-16-10-11-17-33(32)44(36)51)45(53)42-40(54-5)20-14-21-41(42)55-6/h10-14,16-25,28,30H,7-9,15,26-27H2,1-6H3/b50-43+. The van der Waals surface area contributed by atoms with E-state index >= 15 is 0 Å².